The lowest BCUT2D eigenvalue weighted by molar-refractivity contribution is -0.384. The fraction of sp³-hybridized carbons (Fsp3) is 0.357. The van der Waals surface area contributed by atoms with Crippen LogP contribution in [0.1, 0.15) is 22.3 Å². The number of amides is 1. The number of rotatable bonds is 4. The Morgan fingerprint density at radius 3 is 2.80 bits per heavy atom. The third-order valence-electron chi connectivity index (χ3n) is 3.26. The number of benzene rings is 1. The molecule has 1 aliphatic rings. The summed E-state index contributed by atoms with van der Waals surface area (Å²) in [6.45, 7) is 1.76. The third kappa shape index (κ3) is 3.21. The Bertz CT molecular complexity index is 568. The van der Waals surface area contributed by atoms with Gasteiger partial charge in [0.05, 0.1) is 4.92 Å². The van der Waals surface area contributed by atoms with E-state index in [1.54, 1.807) is 13.0 Å². The first-order chi connectivity index (χ1) is 9.49. The Morgan fingerprint density at radius 2 is 2.20 bits per heavy atom. The molecule has 0 unspecified atom stereocenters. The molecular formula is C14H16N2O4. The number of hydrogen-bond donors (Lipinski definition) is 2. The van der Waals surface area contributed by atoms with Crippen LogP contribution >= 0.6 is 0 Å². The molecule has 0 fully saturated rings. The summed E-state index contributed by atoms with van der Waals surface area (Å²) in [5.41, 5.74) is 0.849. The molecule has 2 atom stereocenters. The average Bonchev–Trinajstić information content (AvgIpc) is 2.85. The topological polar surface area (TPSA) is 92.5 Å². The minimum atomic E-state index is -0.513. The molecule has 0 aliphatic heterocycles. The van der Waals surface area contributed by atoms with E-state index < -0.39 is 4.92 Å². The number of nitro groups is 1. The first kappa shape index (κ1) is 14.2. The molecule has 0 bridgehead atoms. The van der Waals surface area contributed by atoms with E-state index in [0.717, 1.165) is 0 Å². The molecule has 0 heterocycles. The molecule has 1 aromatic rings. The number of aliphatic hydroxyl groups is 1. The largest absolute Gasteiger partial charge is 0.396 e. The maximum atomic E-state index is 12.1. The van der Waals surface area contributed by atoms with Crippen LogP contribution in [-0.2, 0) is 0 Å². The van der Waals surface area contributed by atoms with Crippen molar-refractivity contribution >= 4 is 11.6 Å². The van der Waals surface area contributed by atoms with Crippen LogP contribution in [0.25, 0.3) is 0 Å². The third-order valence-corrected chi connectivity index (χ3v) is 3.26. The number of nitrogens with zero attached hydrogens (tertiary/aromatic N) is 1. The molecule has 1 amide bonds. The summed E-state index contributed by atoms with van der Waals surface area (Å²) in [5.74, 6) is -0.280. The Kier molecular flexibility index (Phi) is 4.14. The highest BCUT2D eigenvalue weighted by Gasteiger charge is 2.21. The lowest BCUT2D eigenvalue weighted by Gasteiger charge is -2.13. The van der Waals surface area contributed by atoms with Gasteiger partial charge in [0, 0.05) is 36.3 Å². The van der Waals surface area contributed by atoms with Gasteiger partial charge in [0.2, 0.25) is 0 Å². The predicted octanol–water partition coefficient (Wildman–Crippen LogP) is 1.57. The quantitative estimate of drug-likeness (QED) is 0.496. The Labute approximate surface area is 116 Å². The van der Waals surface area contributed by atoms with E-state index in [4.69, 9.17) is 5.11 Å². The Morgan fingerprint density at radius 1 is 1.45 bits per heavy atom. The van der Waals surface area contributed by atoms with Gasteiger partial charge in [-0.15, -0.1) is 0 Å². The van der Waals surface area contributed by atoms with Crippen LogP contribution in [0.15, 0.2) is 30.4 Å². The van der Waals surface area contributed by atoms with Gasteiger partial charge >= 0.3 is 0 Å². The molecule has 2 N–H and O–H groups in total. The van der Waals surface area contributed by atoms with Crippen LogP contribution in [-0.4, -0.2) is 28.6 Å². The summed E-state index contributed by atoms with van der Waals surface area (Å²) in [7, 11) is 0. The van der Waals surface area contributed by atoms with Gasteiger partial charge in [0.15, 0.2) is 0 Å². The van der Waals surface area contributed by atoms with Gasteiger partial charge in [-0.05, 0) is 25.0 Å². The van der Waals surface area contributed by atoms with Crippen molar-refractivity contribution in [3.05, 3.63) is 51.6 Å². The molecule has 1 aromatic carbocycles. The maximum absolute atomic E-state index is 12.1. The van der Waals surface area contributed by atoms with Crippen molar-refractivity contribution < 1.29 is 14.8 Å². The van der Waals surface area contributed by atoms with Gasteiger partial charge < -0.3 is 10.4 Å². The van der Waals surface area contributed by atoms with Crippen LogP contribution < -0.4 is 5.32 Å². The number of carbonyl (C=O) groups is 1. The number of nitrogens with one attached hydrogen (secondary N) is 1. The number of aliphatic hydroxyl groups excluding tert-OH is 1. The summed E-state index contributed by atoms with van der Waals surface area (Å²) in [5, 5.41) is 22.6. The fourth-order valence-corrected chi connectivity index (χ4v) is 2.27. The first-order valence-electron chi connectivity index (χ1n) is 6.35. The molecule has 0 aromatic heterocycles. The molecular weight excluding hydrogens is 260 g/mol. The fourth-order valence-electron chi connectivity index (χ4n) is 2.27. The van der Waals surface area contributed by atoms with Gasteiger partial charge in [0.25, 0.3) is 11.6 Å². The minimum absolute atomic E-state index is 0.0544. The van der Waals surface area contributed by atoms with Crippen molar-refractivity contribution in [1.29, 1.82) is 0 Å². The van der Waals surface area contributed by atoms with Crippen molar-refractivity contribution in [1.82, 2.24) is 5.32 Å². The summed E-state index contributed by atoms with van der Waals surface area (Å²) < 4.78 is 0. The highest BCUT2D eigenvalue weighted by molar-refractivity contribution is 5.95. The van der Waals surface area contributed by atoms with Crippen LogP contribution in [0.5, 0.6) is 0 Å². The second-order valence-corrected chi connectivity index (χ2v) is 4.96. The summed E-state index contributed by atoms with van der Waals surface area (Å²) in [4.78, 5) is 22.4. The van der Waals surface area contributed by atoms with E-state index >= 15 is 0 Å². The minimum Gasteiger partial charge on any atom is -0.396 e. The number of nitro benzene ring substituents is 1. The molecule has 2 rings (SSSR count). The molecule has 0 radical (unpaired) electrons. The smallest absolute Gasteiger partial charge is 0.270 e. The Hall–Kier alpha value is -2.21. The number of aryl methyl sites for hydroxylation is 1. The van der Waals surface area contributed by atoms with Crippen molar-refractivity contribution in [2.24, 2.45) is 5.92 Å². The van der Waals surface area contributed by atoms with Gasteiger partial charge in [-0.2, -0.15) is 0 Å². The zero-order chi connectivity index (χ0) is 14.7. The Balaban J connectivity index is 2.10. The highest BCUT2D eigenvalue weighted by Crippen LogP contribution is 2.19. The van der Waals surface area contributed by atoms with E-state index in [9.17, 15) is 14.9 Å². The number of non-ortho nitro benzene ring substituents is 1. The standard InChI is InChI=1S/C14H16N2O4/c1-9-4-11(7-13(5-9)16(19)20)14(18)15-12-3-2-10(6-12)8-17/h2-5,7,10,12,17H,6,8H2,1H3,(H,15,18)/t10-,12+/m0/s1. The van der Waals surface area contributed by atoms with Crippen molar-refractivity contribution in [3.63, 3.8) is 0 Å². The molecule has 6 heteroatoms. The van der Waals surface area contributed by atoms with Crippen LogP contribution in [0.2, 0.25) is 0 Å². The lowest BCUT2D eigenvalue weighted by atomic mass is 10.1. The van der Waals surface area contributed by atoms with E-state index in [1.165, 1.54) is 12.1 Å². The average molecular weight is 276 g/mol. The molecule has 106 valence electrons. The number of carbonyl (C=O) groups excluding carboxylic acids is 1. The monoisotopic (exact) mass is 276 g/mol. The molecule has 0 spiro atoms. The summed E-state index contributed by atoms with van der Waals surface area (Å²) in [6.07, 6.45) is 4.35. The molecule has 20 heavy (non-hydrogen) atoms. The first-order valence-corrected chi connectivity index (χ1v) is 6.35. The van der Waals surface area contributed by atoms with Gasteiger partial charge in [-0.25, -0.2) is 0 Å². The SMILES string of the molecule is Cc1cc(C(=O)N[C@@H]2C=C[C@H](CO)C2)cc([N+](=O)[O-])c1. The van der Waals surface area contributed by atoms with Crippen molar-refractivity contribution in [2.75, 3.05) is 6.61 Å². The van der Waals surface area contributed by atoms with Gasteiger partial charge in [0.1, 0.15) is 0 Å². The highest BCUT2D eigenvalue weighted by atomic mass is 16.6. The zero-order valence-corrected chi connectivity index (χ0v) is 11.1. The normalized spacial score (nSPS) is 20.9. The predicted molar refractivity (Wildman–Crippen MR) is 73.4 cm³/mol. The van der Waals surface area contributed by atoms with Crippen molar-refractivity contribution in [3.8, 4) is 0 Å². The van der Waals surface area contributed by atoms with E-state index in [0.29, 0.717) is 12.0 Å². The second kappa shape index (κ2) is 5.83. The molecule has 0 saturated heterocycles. The summed E-state index contributed by atoms with van der Waals surface area (Å²) in [6, 6.07) is 4.17. The molecule has 0 saturated carbocycles. The molecule has 6 nitrogen and oxygen atoms in total. The number of hydrogen-bond acceptors (Lipinski definition) is 4. The summed E-state index contributed by atoms with van der Waals surface area (Å²) >= 11 is 0. The second-order valence-electron chi connectivity index (χ2n) is 4.96. The van der Waals surface area contributed by atoms with E-state index in [-0.39, 0.29) is 35.7 Å². The van der Waals surface area contributed by atoms with Gasteiger partial charge in [-0.3, -0.25) is 14.9 Å². The maximum Gasteiger partial charge on any atom is 0.270 e. The molecule has 1 aliphatic carbocycles. The zero-order valence-electron chi connectivity index (χ0n) is 11.1. The van der Waals surface area contributed by atoms with Crippen molar-refractivity contribution in [2.45, 2.75) is 19.4 Å². The van der Waals surface area contributed by atoms with Crippen LogP contribution in [0.3, 0.4) is 0 Å². The van der Waals surface area contributed by atoms with E-state index in [1.807, 2.05) is 12.2 Å². The van der Waals surface area contributed by atoms with E-state index in [2.05, 4.69) is 5.32 Å². The van der Waals surface area contributed by atoms with Crippen LogP contribution in [0.4, 0.5) is 5.69 Å². The lowest BCUT2D eigenvalue weighted by Crippen LogP contribution is -2.33. The van der Waals surface area contributed by atoms with Crippen LogP contribution in [0, 0.1) is 23.0 Å². The van der Waals surface area contributed by atoms with Gasteiger partial charge in [-0.1, -0.05) is 12.2 Å².